The quantitative estimate of drug-likeness (QED) is 0.886. The smallest absolute Gasteiger partial charge is 0.243 e. The lowest BCUT2D eigenvalue weighted by Gasteiger charge is -2.24. The topological polar surface area (TPSA) is 49.4 Å². The second kappa shape index (κ2) is 6.36. The Morgan fingerprint density at radius 3 is 2.77 bits per heavy atom. The van der Waals surface area contributed by atoms with E-state index in [4.69, 9.17) is 0 Å². The zero-order valence-electron chi connectivity index (χ0n) is 12.1. The van der Waals surface area contributed by atoms with Gasteiger partial charge < -0.3 is 10.2 Å². The van der Waals surface area contributed by atoms with Gasteiger partial charge in [0.05, 0.1) is 10.9 Å². The van der Waals surface area contributed by atoms with Crippen LogP contribution in [0.3, 0.4) is 0 Å². The Morgan fingerprint density at radius 1 is 1.32 bits per heavy atom. The summed E-state index contributed by atoms with van der Waals surface area (Å²) in [5, 5.41) is 2.97. The Morgan fingerprint density at radius 2 is 2.09 bits per heavy atom. The van der Waals surface area contributed by atoms with Gasteiger partial charge in [-0.1, -0.05) is 6.07 Å². The third kappa shape index (κ3) is 3.48. The van der Waals surface area contributed by atoms with E-state index in [2.05, 4.69) is 21.2 Å². The summed E-state index contributed by atoms with van der Waals surface area (Å²) in [6, 6.07) is 4.51. The van der Waals surface area contributed by atoms with Crippen LogP contribution in [0, 0.1) is 5.82 Å². The van der Waals surface area contributed by atoms with Crippen LogP contribution < -0.4 is 5.32 Å². The molecule has 1 saturated heterocycles. The summed E-state index contributed by atoms with van der Waals surface area (Å²) in [5.41, 5.74) is 0.742. The number of hydrogen-bond donors (Lipinski definition) is 1. The molecule has 3 rings (SSSR count). The third-order valence-corrected chi connectivity index (χ3v) is 4.75. The van der Waals surface area contributed by atoms with Crippen LogP contribution in [0.1, 0.15) is 31.2 Å². The molecule has 0 aromatic heterocycles. The average molecular weight is 369 g/mol. The number of benzene rings is 1. The number of halogens is 2. The molecule has 0 bridgehead atoms. The molecule has 1 heterocycles. The van der Waals surface area contributed by atoms with Gasteiger partial charge in [0.25, 0.3) is 0 Å². The van der Waals surface area contributed by atoms with Gasteiger partial charge in [0.2, 0.25) is 11.8 Å². The lowest BCUT2D eigenvalue weighted by atomic mass is 10.1. The molecule has 1 aromatic carbocycles. The first kappa shape index (κ1) is 15.5. The van der Waals surface area contributed by atoms with Crippen LogP contribution in [0.15, 0.2) is 22.7 Å². The molecule has 1 aliphatic heterocycles. The SMILES string of the molecule is O=C(NC1CC1)C1CCCN1C(=O)Cc1ccc(F)c(Br)c1. The van der Waals surface area contributed by atoms with Crippen LogP contribution in [0.4, 0.5) is 4.39 Å². The van der Waals surface area contributed by atoms with Crippen molar-refractivity contribution in [2.45, 2.75) is 44.2 Å². The van der Waals surface area contributed by atoms with Gasteiger partial charge >= 0.3 is 0 Å². The maximum Gasteiger partial charge on any atom is 0.243 e. The molecule has 118 valence electrons. The molecule has 2 aliphatic rings. The van der Waals surface area contributed by atoms with Crippen molar-refractivity contribution in [3.8, 4) is 0 Å². The van der Waals surface area contributed by atoms with Crippen LogP contribution in [-0.4, -0.2) is 35.3 Å². The average Bonchev–Trinajstić information content (AvgIpc) is 3.15. The Kier molecular flexibility index (Phi) is 4.47. The Balaban J connectivity index is 1.64. The zero-order valence-corrected chi connectivity index (χ0v) is 13.7. The summed E-state index contributed by atoms with van der Waals surface area (Å²) in [4.78, 5) is 26.3. The fraction of sp³-hybridized carbons (Fsp3) is 0.500. The molecule has 1 N–H and O–H groups in total. The lowest BCUT2D eigenvalue weighted by molar-refractivity contribution is -0.138. The summed E-state index contributed by atoms with van der Waals surface area (Å²) < 4.78 is 13.6. The molecule has 2 amide bonds. The highest BCUT2D eigenvalue weighted by atomic mass is 79.9. The van der Waals surface area contributed by atoms with Crippen molar-refractivity contribution < 1.29 is 14.0 Å². The maximum absolute atomic E-state index is 13.2. The number of rotatable bonds is 4. The van der Waals surface area contributed by atoms with Crippen molar-refractivity contribution in [2.24, 2.45) is 0 Å². The van der Waals surface area contributed by atoms with E-state index < -0.39 is 0 Å². The summed E-state index contributed by atoms with van der Waals surface area (Å²) in [6.07, 6.45) is 3.83. The standard InChI is InChI=1S/C16H18BrFN2O2/c17-12-8-10(3-6-13(12)18)9-15(21)20-7-1-2-14(20)16(22)19-11-4-5-11/h3,6,8,11,14H,1-2,4-5,7,9H2,(H,19,22). The van der Waals surface area contributed by atoms with Gasteiger partial charge in [-0.2, -0.15) is 0 Å². The first-order valence-electron chi connectivity index (χ1n) is 7.58. The second-order valence-corrected chi connectivity index (χ2v) is 6.81. The molecular weight excluding hydrogens is 351 g/mol. The van der Waals surface area contributed by atoms with E-state index in [1.165, 1.54) is 6.07 Å². The predicted molar refractivity (Wildman–Crippen MR) is 83.7 cm³/mol. The fourth-order valence-corrected chi connectivity index (χ4v) is 3.21. The van der Waals surface area contributed by atoms with E-state index in [0.717, 1.165) is 31.2 Å². The molecule has 0 radical (unpaired) electrons. The molecule has 4 nitrogen and oxygen atoms in total. The number of carbonyl (C=O) groups is 2. The molecule has 2 fully saturated rings. The molecular formula is C16H18BrFN2O2. The van der Waals surface area contributed by atoms with Crippen LogP contribution in [-0.2, 0) is 16.0 Å². The molecule has 0 spiro atoms. The van der Waals surface area contributed by atoms with Crippen molar-refractivity contribution in [3.63, 3.8) is 0 Å². The van der Waals surface area contributed by atoms with Crippen molar-refractivity contribution >= 4 is 27.7 Å². The number of nitrogens with one attached hydrogen (secondary N) is 1. The van der Waals surface area contributed by atoms with E-state index in [0.29, 0.717) is 17.1 Å². The van der Waals surface area contributed by atoms with Gasteiger partial charge in [-0.25, -0.2) is 4.39 Å². The third-order valence-electron chi connectivity index (χ3n) is 4.14. The van der Waals surface area contributed by atoms with Gasteiger partial charge in [0, 0.05) is 12.6 Å². The molecule has 1 atom stereocenters. The molecule has 22 heavy (non-hydrogen) atoms. The monoisotopic (exact) mass is 368 g/mol. The van der Waals surface area contributed by atoms with Crippen molar-refractivity contribution in [3.05, 3.63) is 34.1 Å². The van der Waals surface area contributed by atoms with Gasteiger partial charge in [0.1, 0.15) is 11.9 Å². The normalized spacial score (nSPS) is 21.0. The second-order valence-electron chi connectivity index (χ2n) is 5.95. The van der Waals surface area contributed by atoms with Gasteiger partial charge in [-0.3, -0.25) is 9.59 Å². The molecule has 1 aliphatic carbocycles. The van der Waals surface area contributed by atoms with E-state index in [-0.39, 0.29) is 30.1 Å². The highest BCUT2D eigenvalue weighted by molar-refractivity contribution is 9.10. The van der Waals surface area contributed by atoms with Crippen LogP contribution in [0.5, 0.6) is 0 Å². The molecule has 1 saturated carbocycles. The zero-order chi connectivity index (χ0) is 15.7. The summed E-state index contributed by atoms with van der Waals surface area (Å²) in [6.45, 7) is 0.615. The minimum Gasteiger partial charge on any atom is -0.352 e. The predicted octanol–water partition coefficient (Wildman–Crippen LogP) is 2.40. The summed E-state index contributed by atoms with van der Waals surface area (Å²) in [7, 11) is 0. The van der Waals surface area contributed by atoms with Gasteiger partial charge in [0.15, 0.2) is 0 Å². The number of likely N-dealkylation sites (tertiary alicyclic amines) is 1. The van der Waals surface area contributed by atoms with Crippen molar-refractivity contribution in [1.82, 2.24) is 10.2 Å². The highest BCUT2D eigenvalue weighted by Crippen LogP contribution is 2.23. The van der Waals surface area contributed by atoms with Crippen LogP contribution in [0.2, 0.25) is 0 Å². The number of nitrogens with zero attached hydrogens (tertiary/aromatic N) is 1. The number of carbonyl (C=O) groups excluding carboxylic acids is 2. The minimum absolute atomic E-state index is 0.0337. The minimum atomic E-state index is -0.350. The van der Waals surface area contributed by atoms with E-state index >= 15 is 0 Å². The molecule has 1 aromatic rings. The van der Waals surface area contributed by atoms with Crippen molar-refractivity contribution in [1.29, 1.82) is 0 Å². The largest absolute Gasteiger partial charge is 0.352 e. The highest BCUT2D eigenvalue weighted by Gasteiger charge is 2.36. The number of amides is 2. The van der Waals surface area contributed by atoms with Gasteiger partial charge in [-0.15, -0.1) is 0 Å². The van der Waals surface area contributed by atoms with E-state index in [9.17, 15) is 14.0 Å². The summed E-state index contributed by atoms with van der Waals surface area (Å²) >= 11 is 3.12. The van der Waals surface area contributed by atoms with Gasteiger partial charge in [-0.05, 0) is 59.3 Å². The van der Waals surface area contributed by atoms with E-state index in [1.807, 2.05) is 0 Å². The Labute approximate surface area is 137 Å². The van der Waals surface area contributed by atoms with Crippen molar-refractivity contribution in [2.75, 3.05) is 6.54 Å². The lowest BCUT2D eigenvalue weighted by Crippen LogP contribution is -2.47. The Bertz CT molecular complexity index is 604. The van der Waals surface area contributed by atoms with E-state index in [1.54, 1.807) is 17.0 Å². The summed E-state index contributed by atoms with van der Waals surface area (Å²) in [5.74, 6) is -0.459. The first-order chi connectivity index (χ1) is 10.5. The first-order valence-corrected chi connectivity index (χ1v) is 8.37. The number of hydrogen-bond acceptors (Lipinski definition) is 2. The molecule has 6 heteroatoms. The Hall–Kier alpha value is -1.43. The maximum atomic E-state index is 13.2. The van der Waals surface area contributed by atoms with Crippen LogP contribution in [0.25, 0.3) is 0 Å². The molecule has 1 unspecified atom stereocenters. The van der Waals surface area contributed by atoms with Crippen LogP contribution >= 0.6 is 15.9 Å². The fourth-order valence-electron chi connectivity index (χ4n) is 2.79.